The number of aromatic nitrogens is 1. The first-order valence-electron chi connectivity index (χ1n) is 5.82. The topological polar surface area (TPSA) is 37.2 Å². The standard InChI is InChI=1S/C12H20N2O/c1-13-12-5-2-4-10-8-14(6-3-7-15)9-11(10)12/h8-9,12-13,15H,2-7H2,1H3. The van der Waals surface area contributed by atoms with Crippen molar-refractivity contribution in [2.75, 3.05) is 13.7 Å². The lowest BCUT2D eigenvalue weighted by atomic mass is 9.91. The molecule has 0 fully saturated rings. The first kappa shape index (κ1) is 10.7. The number of hydrogen-bond acceptors (Lipinski definition) is 2. The first-order valence-corrected chi connectivity index (χ1v) is 5.82. The summed E-state index contributed by atoms with van der Waals surface area (Å²) < 4.78 is 2.22. The van der Waals surface area contributed by atoms with Crippen molar-refractivity contribution >= 4 is 0 Å². The molecule has 0 aliphatic heterocycles. The summed E-state index contributed by atoms with van der Waals surface area (Å²) in [4.78, 5) is 0. The van der Waals surface area contributed by atoms with E-state index < -0.39 is 0 Å². The summed E-state index contributed by atoms with van der Waals surface area (Å²) >= 11 is 0. The van der Waals surface area contributed by atoms with Gasteiger partial charge in [0.15, 0.2) is 0 Å². The van der Waals surface area contributed by atoms with Gasteiger partial charge >= 0.3 is 0 Å². The maximum atomic E-state index is 8.80. The van der Waals surface area contributed by atoms with Crippen molar-refractivity contribution in [3.05, 3.63) is 23.5 Å². The highest BCUT2D eigenvalue weighted by molar-refractivity contribution is 5.30. The van der Waals surface area contributed by atoms with E-state index in [1.165, 1.54) is 30.4 Å². The van der Waals surface area contributed by atoms with E-state index in [0.717, 1.165) is 13.0 Å². The quantitative estimate of drug-likeness (QED) is 0.786. The molecular formula is C12H20N2O. The van der Waals surface area contributed by atoms with Gasteiger partial charge in [0.05, 0.1) is 0 Å². The molecule has 0 saturated carbocycles. The molecule has 1 aromatic heterocycles. The second-order valence-corrected chi connectivity index (χ2v) is 4.29. The van der Waals surface area contributed by atoms with Gasteiger partial charge in [0.1, 0.15) is 0 Å². The van der Waals surface area contributed by atoms with Gasteiger partial charge in [0.2, 0.25) is 0 Å². The smallest absolute Gasteiger partial charge is 0.0448 e. The maximum absolute atomic E-state index is 8.80. The van der Waals surface area contributed by atoms with Crippen LogP contribution >= 0.6 is 0 Å². The average molecular weight is 208 g/mol. The van der Waals surface area contributed by atoms with Crippen LogP contribution in [0.1, 0.15) is 36.4 Å². The van der Waals surface area contributed by atoms with E-state index in [2.05, 4.69) is 22.3 Å². The number of aryl methyl sites for hydroxylation is 2. The number of nitrogens with one attached hydrogen (secondary N) is 1. The Kier molecular flexibility index (Phi) is 3.44. The van der Waals surface area contributed by atoms with Crippen molar-refractivity contribution in [3.8, 4) is 0 Å². The van der Waals surface area contributed by atoms with Crippen molar-refractivity contribution in [1.82, 2.24) is 9.88 Å². The molecule has 0 radical (unpaired) electrons. The number of hydrogen-bond donors (Lipinski definition) is 2. The Morgan fingerprint density at radius 3 is 3.13 bits per heavy atom. The predicted octanol–water partition coefficient (Wildman–Crippen LogP) is 1.47. The molecule has 15 heavy (non-hydrogen) atoms. The Balaban J connectivity index is 2.14. The third-order valence-electron chi connectivity index (χ3n) is 3.23. The summed E-state index contributed by atoms with van der Waals surface area (Å²) in [6.07, 6.45) is 9.06. The molecule has 1 unspecified atom stereocenters. The fraction of sp³-hybridized carbons (Fsp3) is 0.667. The van der Waals surface area contributed by atoms with Gasteiger partial charge in [-0.1, -0.05) is 0 Å². The zero-order chi connectivity index (χ0) is 10.7. The van der Waals surface area contributed by atoms with Crippen LogP contribution in [0.4, 0.5) is 0 Å². The van der Waals surface area contributed by atoms with Crippen LogP contribution < -0.4 is 5.32 Å². The second-order valence-electron chi connectivity index (χ2n) is 4.29. The van der Waals surface area contributed by atoms with Gasteiger partial charge in [-0.25, -0.2) is 0 Å². The Bertz CT molecular complexity index is 319. The summed E-state index contributed by atoms with van der Waals surface area (Å²) in [6.45, 7) is 1.21. The van der Waals surface area contributed by atoms with E-state index in [1.807, 2.05) is 7.05 Å². The van der Waals surface area contributed by atoms with Gasteiger partial charge in [-0.3, -0.25) is 0 Å². The Hall–Kier alpha value is -0.800. The molecule has 0 saturated heterocycles. The molecule has 1 aliphatic rings. The highest BCUT2D eigenvalue weighted by atomic mass is 16.3. The lowest BCUT2D eigenvalue weighted by Gasteiger charge is -2.21. The van der Waals surface area contributed by atoms with Crippen LogP contribution in [-0.4, -0.2) is 23.3 Å². The van der Waals surface area contributed by atoms with Crippen molar-refractivity contribution in [2.24, 2.45) is 0 Å². The molecule has 2 N–H and O–H groups in total. The van der Waals surface area contributed by atoms with Crippen LogP contribution in [0.25, 0.3) is 0 Å². The molecule has 1 aromatic rings. The molecule has 3 heteroatoms. The summed E-state index contributed by atoms with van der Waals surface area (Å²) in [5.41, 5.74) is 2.94. The molecule has 1 heterocycles. The number of aliphatic hydroxyl groups excluding tert-OH is 1. The van der Waals surface area contributed by atoms with Crippen LogP contribution in [0.3, 0.4) is 0 Å². The Morgan fingerprint density at radius 2 is 2.40 bits per heavy atom. The third kappa shape index (κ3) is 2.24. The minimum Gasteiger partial charge on any atom is -0.396 e. The van der Waals surface area contributed by atoms with Gasteiger partial charge in [0, 0.05) is 31.6 Å². The lowest BCUT2D eigenvalue weighted by molar-refractivity contribution is 0.280. The normalized spacial score (nSPS) is 20.3. The molecule has 0 aromatic carbocycles. The molecule has 1 atom stereocenters. The molecule has 2 rings (SSSR count). The number of fused-ring (bicyclic) bond motifs is 1. The zero-order valence-corrected chi connectivity index (χ0v) is 9.37. The van der Waals surface area contributed by atoms with E-state index in [0.29, 0.717) is 6.04 Å². The summed E-state index contributed by atoms with van der Waals surface area (Å²) in [7, 11) is 2.03. The van der Waals surface area contributed by atoms with Crippen molar-refractivity contribution in [3.63, 3.8) is 0 Å². The molecule has 0 bridgehead atoms. The van der Waals surface area contributed by atoms with E-state index in [1.54, 1.807) is 0 Å². The van der Waals surface area contributed by atoms with Crippen LogP contribution in [0, 0.1) is 0 Å². The van der Waals surface area contributed by atoms with Gasteiger partial charge in [-0.15, -0.1) is 0 Å². The largest absolute Gasteiger partial charge is 0.396 e. The van der Waals surface area contributed by atoms with Crippen LogP contribution in [-0.2, 0) is 13.0 Å². The summed E-state index contributed by atoms with van der Waals surface area (Å²) in [6, 6.07) is 0.532. The van der Waals surface area contributed by atoms with Crippen LogP contribution in [0.15, 0.2) is 12.4 Å². The number of nitrogens with zero attached hydrogens (tertiary/aromatic N) is 1. The van der Waals surface area contributed by atoms with Gasteiger partial charge < -0.3 is 15.0 Å². The van der Waals surface area contributed by atoms with Gasteiger partial charge in [-0.05, 0) is 43.9 Å². The molecule has 0 amide bonds. The van der Waals surface area contributed by atoms with E-state index in [-0.39, 0.29) is 6.61 Å². The van der Waals surface area contributed by atoms with Crippen molar-refractivity contribution in [2.45, 2.75) is 38.3 Å². The highest BCUT2D eigenvalue weighted by Crippen LogP contribution is 2.30. The minimum atomic E-state index is 0.276. The van der Waals surface area contributed by atoms with Crippen molar-refractivity contribution in [1.29, 1.82) is 0 Å². The molecular weight excluding hydrogens is 188 g/mol. The monoisotopic (exact) mass is 208 g/mol. The third-order valence-corrected chi connectivity index (χ3v) is 3.23. The Labute approximate surface area is 91.1 Å². The fourth-order valence-electron chi connectivity index (χ4n) is 2.43. The van der Waals surface area contributed by atoms with Gasteiger partial charge in [-0.2, -0.15) is 0 Å². The molecule has 1 aliphatic carbocycles. The predicted molar refractivity (Wildman–Crippen MR) is 60.9 cm³/mol. The van der Waals surface area contributed by atoms with Crippen molar-refractivity contribution < 1.29 is 5.11 Å². The Morgan fingerprint density at radius 1 is 1.53 bits per heavy atom. The maximum Gasteiger partial charge on any atom is 0.0448 e. The lowest BCUT2D eigenvalue weighted by Crippen LogP contribution is -2.20. The molecule has 84 valence electrons. The number of rotatable bonds is 4. The van der Waals surface area contributed by atoms with Crippen LogP contribution in [0.5, 0.6) is 0 Å². The molecule has 3 nitrogen and oxygen atoms in total. The fourth-order valence-corrected chi connectivity index (χ4v) is 2.43. The first-order chi connectivity index (χ1) is 7.35. The van der Waals surface area contributed by atoms with E-state index in [9.17, 15) is 0 Å². The van der Waals surface area contributed by atoms with Gasteiger partial charge in [0.25, 0.3) is 0 Å². The summed E-state index contributed by atoms with van der Waals surface area (Å²) in [5.74, 6) is 0. The molecule has 0 spiro atoms. The highest BCUT2D eigenvalue weighted by Gasteiger charge is 2.20. The zero-order valence-electron chi connectivity index (χ0n) is 9.37. The van der Waals surface area contributed by atoms with E-state index in [4.69, 9.17) is 5.11 Å². The van der Waals surface area contributed by atoms with Crippen LogP contribution in [0.2, 0.25) is 0 Å². The SMILES string of the molecule is CNC1CCCc2cn(CCCO)cc21. The average Bonchev–Trinajstić information content (AvgIpc) is 2.68. The minimum absolute atomic E-state index is 0.276. The number of aliphatic hydroxyl groups is 1. The second kappa shape index (κ2) is 4.81. The summed E-state index contributed by atoms with van der Waals surface area (Å²) in [5, 5.41) is 12.2. The van der Waals surface area contributed by atoms with E-state index >= 15 is 0 Å².